The second-order valence-corrected chi connectivity index (χ2v) is 7.66. The van der Waals surface area contributed by atoms with Gasteiger partial charge in [-0.1, -0.05) is 18.2 Å². The number of ether oxygens (including phenoxy) is 2. The van der Waals surface area contributed by atoms with E-state index in [1.165, 1.54) is 23.1 Å². The highest BCUT2D eigenvalue weighted by atomic mass is 19.1. The number of likely N-dealkylation sites (tertiary alicyclic amines) is 1. The van der Waals surface area contributed by atoms with Gasteiger partial charge in [0, 0.05) is 30.1 Å². The van der Waals surface area contributed by atoms with Crippen molar-refractivity contribution in [3.05, 3.63) is 95.1 Å². The molecule has 3 aromatic rings. The maximum absolute atomic E-state index is 14.9. The second-order valence-electron chi connectivity index (χ2n) is 7.66. The lowest BCUT2D eigenvalue weighted by Crippen LogP contribution is -2.29. The third-order valence-electron chi connectivity index (χ3n) is 5.66. The second kappa shape index (κ2) is 8.38. The summed E-state index contributed by atoms with van der Waals surface area (Å²) in [6, 6.07) is 12.9. The van der Waals surface area contributed by atoms with E-state index in [4.69, 9.17) is 9.47 Å². The van der Waals surface area contributed by atoms with E-state index in [-0.39, 0.29) is 23.2 Å². The van der Waals surface area contributed by atoms with Crippen LogP contribution in [0.5, 0.6) is 11.5 Å². The molecule has 1 aromatic heterocycles. The number of aliphatic hydroxyl groups is 1. The highest BCUT2D eigenvalue weighted by Gasteiger charge is 2.47. The number of nitrogens with zero attached hydrogens (tertiary/aromatic N) is 2. The molecule has 8 heteroatoms. The Morgan fingerprint density at radius 2 is 1.76 bits per heavy atom. The summed E-state index contributed by atoms with van der Waals surface area (Å²) in [4.78, 5) is 31.4. The van der Waals surface area contributed by atoms with Crippen LogP contribution >= 0.6 is 0 Å². The van der Waals surface area contributed by atoms with E-state index in [0.717, 1.165) is 0 Å². The van der Waals surface area contributed by atoms with E-state index in [0.29, 0.717) is 30.3 Å². The van der Waals surface area contributed by atoms with Crippen molar-refractivity contribution in [3.63, 3.8) is 0 Å². The number of aliphatic hydroxyl groups excluding tert-OH is 1. The Hall–Kier alpha value is -4.20. The molecule has 33 heavy (non-hydrogen) atoms. The normalized spacial score (nSPS) is 19.1. The Bertz CT molecular complexity index is 1270. The fourth-order valence-corrected chi connectivity index (χ4v) is 4.09. The highest BCUT2D eigenvalue weighted by Crippen LogP contribution is 2.42. The van der Waals surface area contributed by atoms with Crippen molar-refractivity contribution >= 4 is 17.4 Å². The molecule has 5 rings (SSSR count). The summed E-state index contributed by atoms with van der Waals surface area (Å²) in [7, 11) is 0. The molecule has 1 amide bonds. The topological polar surface area (TPSA) is 89.0 Å². The molecule has 0 bridgehead atoms. The molecule has 2 aromatic carbocycles. The summed E-state index contributed by atoms with van der Waals surface area (Å²) in [6.45, 7) is 0.804. The van der Waals surface area contributed by atoms with Crippen molar-refractivity contribution in [1.82, 2.24) is 9.88 Å². The zero-order valence-corrected chi connectivity index (χ0v) is 17.4. The quantitative estimate of drug-likeness (QED) is 0.374. The van der Waals surface area contributed by atoms with Crippen LogP contribution in [0.1, 0.15) is 22.7 Å². The van der Waals surface area contributed by atoms with Crippen LogP contribution in [0.15, 0.2) is 72.6 Å². The zero-order valence-electron chi connectivity index (χ0n) is 17.4. The Morgan fingerprint density at radius 3 is 2.52 bits per heavy atom. The number of fused-ring (bicyclic) bond motifs is 1. The van der Waals surface area contributed by atoms with Gasteiger partial charge in [0.1, 0.15) is 24.8 Å². The summed E-state index contributed by atoms with van der Waals surface area (Å²) in [5.41, 5.74) is 0.913. The van der Waals surface area contributed by atoms with Crippen LogP contribution in [0.25, 0.3) is 5.76 Å². The molecule has 0 radical (unpaired) electrons. The number of aromatic nitrogens is 1. The Kier molecular flexibility index (Phi) is 5.26. The third-order valence-corrected chi connectivity index (χ3v) is 5.66. The van der Waals surface area contributed by atoms with Crippen molar-refractivity contribution < 1.29 is 28.6 Å². The number of Topliss-reactive ketones (excluding diaryl/α,β-unsaturated/α-hetero) is 1. The molecule has 2 aliphatic rings. The summed E-state index contributed by atoms with van der Waals surface area (Å²) < 4.78 is 25.9. The van der Waals surface area contributed by atoms with Crippen LogP contribution in [0, 0.1) is 5.82 Å². The zero-order chi connectivity index (χ0) is 22.9. The molecule has 2 aliphatic heterocycles. The number of hydrogen-bond acceptors (Lipinski definition) is 6. The monoisotopic (exact) mass is 446 g/mol. The standard InChI is InChI=1S/C25H19FN2O5/c26-18-4-2-1-3-17(18)22-21(23(29)16-5-6-19-20(13-16)33-12-11-32-19)24(30)25(31)28(22)14-15-7-9-27-10-8-15/h1-10,13,22,29H,11-12,14H2/b23-21+/t22-/m1/s1. The number of halogens is 1. The van der Waals surface area contributed by atoms with Crippen molar-refractivity contribution in [3.8, 4) is 11.5 Å². The van der Waals surface area contributed by atoms with Gasteiger partial charge in [-0.3, -0.25) is 14.6 Å². The molecule has 166 valence electrons. The van der Waals surface area contributed by atoms with E-state index in [9.17, 15) is 19.1 Å². The SMILES string of the molecule is O=C1C(=O)N(Cc2ccncc2)[C@H](c2ccccc2F)/C1=C(\O)c1ccc2c(c1)OCCO2. The Morgan fingerprint density at radius 1 is 1.03 bits per heavy atom. The highest BCUT2D eigenvalue weighted by molar-refractivity contribution is 6.46. The predicted molar refractivity (Wildman–Crippen MR) is 116 cm³/mol. The van der Waals surface area contributed by atoms with Gasteiger partial charge in [-0.2, -0.15) is 0 Å². The molecule has 7 nitrogen and oxygen atoms in total. The smallest absolute Gasteiger partial charge is 0.295 e. The molecule has 0 spiro atoms. The van der Waals surface area contributed by atoms with Crippen LogP contribution in [0.3, 0.4) is 0 Å². The van der Waals surface area contributed by atoms with Crippen LogP contribution in [-0.2, 0) is 16.1 Å². The lowest BCUT2D eigenvalue weighted by molar-refractivity contribution is -0.140. The van der Waals surface area contributed by atoms with E-state index in [1.54, 1.807) is 48.8 Å². The first kappa shape index (κ1) is 20.7. The van der Waals surface area contributed by atoms with Gasteiger partial charge in [0.25, 0.3) is 11.7 Å². The summed E-state index contributed by atoms with van der Waals surface area (Å²) in [6.07, 6.45) is 3.14. The average molecular weight is 446 g/mol. The minimum Gasteiger partial charge on any atom is -0.507 e. The number of pyridine rings is 1. The van der Waals surface area contributed by atoms with Gasteiger partial charge in [0.05, 0.1) is 11.6 Å². The van der Waals surface area contributed by atoms with Crippen molar-refractivity contribution in [2.24, 2.45) is 0 Å². The molecule has 0 aliphatic carbocycles. The first-order chi connectivity index (χ1) is 16.0. The van der Waals surface area contributed by atoms with Crippen LogP contribution in [-0.4, -0.2) is 39.9 Å². The van der Waals surface area contributed by atoms with E-state index < -0.39 is 29.3 Å². The molecule has 3 heterocycles. The number of benzene rings is 2. The summed E-state index contributed by atoms with van der Waals surface area (Å²) >= 11 is 0. The van der Waals surface area contributed by atoms with Gasteiger partial charge >= 0.3 is 0 Å². The number of rotatable bonds is 4. The largest absolute Gasteiger partial charge is 0.507 e. The van der Waals surface area contributed by atoms with Gasteiger partial charge in [-0.05, 0) is 42.0 Å². The fraction of sp³-hybridized carbons (Fsp3) is 0.160. The van der Waals surface area contributed by atoms with E-state index in [1.807, 2.05) is 0 Å². The van der Waals surface area contributed by atoms with E-state index >= 15 is 0 Å². The Labute approximate surface area is 188 Å². The fourth-order valence-electron chi connectivity index (χ4n) is 4.09. The molecule has 1 saturated heterocycles. The van der Waals surface area contributed by atoms with Crippen LogP contribution in [0.4, 0.5) is 4.39 Å². The average Bonchev–Trinajstić information content (AvgIpc) is 3.09. The van der Waals surface area contributed by atoms with Crippen LogP contribution in [0.2, 0.25) is 0 Å². The van der Waals surface area contributed by atoms with Crippen molar-refractivity contribution in [1.29, 1.82) is 0 Å². The molecule has 1 N–H and O–H groups in total. The first-order valence-electron chi connectivity index (χ1n) is 10.4. The lowest BCUT2D eigenvalue weighted by Gasteiger charge is -2.26. The molecule has 1 atom stereocenters. The third kappa shape index (κ3) is 3.69. The first-order valence-corrected chi connectivity index (χ1v) is 10.4. The molecule has 0 saturated carbocycles. The van der Waals surface area contributed by atoms with Crippen LogP contribution < -0.4 is 9.47 Å². The Balaban J connectivity index is 1.65. The number of ketones is 1. The minimum atomic E-state index is -1.10. The maximum Gasteiger partial charge on any atom is 0.295 e. The van der Waals surface area contributed by atoms with E-state index in [2.05, 4.69) is 4.98 Å². The molecular formula is C25H19FN2O5. The number of carbonyl (C=O) groups is 2. The summed E-state index contributed by atoms with van der Waals surface area (Å²) in [5.74, 6) is -1.77. The lowest BCUT2D eigenvalue weighted by atomic mass is 9.94. The predicted octanol–water partition coefficient (Wildman–Crippen LogP) is 3.61. The number of amides is 1. The molecule has 1 fully saturated rings. The van der Waals surface area contributed by atoms with Crippen molar-refractivity contribution in [2.45, 2.75) is 12.6 Å². The molecular weight excluding hydrogens is 427 g/mol. The van der Waals surface area contributed by atoms with Crippen molar-refractivity contribution in [2.75, 3.05) is 13.2 Å². The molecule has 0 unspecified atom stereocenters. The maximum atomic E-state index is 14.9. The number of carbonyl (C=O) groups excluding carboxylic acids is 2. The minimum absolute atomic E-state index is 0.0456. The van der Waals surface area contributed by atoms with Gasteiger partial charge in [-0.15, -0.1) is 0 Å². The van der Waals surface area contributed by atoms with Gasteiger partial charge in [0.2, 0.25) is 0 Å². The van der Waals surface area contributed by atoms with Gasteiger partial charge < -0.3 is 19.5 Å². The summed E-state index contributed by atoms with van der Waals surface area (Å²) in [5, 5.41) is 11.2. The van der Waals surface area contributed by atoms with Gasteiger partial charge in [0.15, 0.2) is 11.5 Å². The van der Waals surface area contributed by atoms with Gasteiger partial charge in [-0.25, -0.2) is 4.39 Å². The number of hydrogen-bond donors (Lipinski definition) is 1.